The summed E-state index contributed by atoms with van der Waals surface area (Å²) in [6, 6.07) is 8.08. The van der Waals surface area contributed by atoms with Crippen molar-refractivity contribution in [1.82, 2.24) is 9.55 Å². The van der Waals surface area contributed by atoms with E-state index in [1.165, 1.54) is 6.20 Å². The van der Waals surface area contributed by atoms with E-state index in [9.17, 15) is 10.1 Å². The summed E-state index contributed by atoms with van der Waals surface area (Å²) in [6.07, 6.45) is 6.50. The molecule has 0 unspecified atom stereocenters. The van der Waals surface area contributed by atoms with Gasteiger partial charge in [0.25, 0.3) is 0 Å². The molecule has 0 atom stereocenters. The molecule has 0 saturated carbocycles. The minimum Gasteiger partial charge on any atom is -0.477 e. The first-order valence-corrected chi connectivity index (χ1v) is 7.92. The van der Waals surface area contributed by atoms with Crippen molar-refractivity contribution >= 4 is 34.3 Å². The fourth-order valence-electron chi connectivity index (χ4n) is 2.94. The Kier molecular flexibility index (Phi) is 3.03. The Morgan fingerprint density at radius 3 is 3.00 bits per heavy atom. The van der Waals surface area contributed by atoms with Crippen LogP contribution >= 0.6 is 11.3 Å². The zero-order valence-corrected chi connectivity index (χ0v) is 12.8. The van der Waals surface area contributed by atoms with Crippen LogP contribution in [0.25, 0.3) is 27.6 Å². The highest BCUT2D eigenvalue weighted by Crippen LogP contribution is 2.33. The first-order chi connectivity index (χ1) is 11.2. The SMILES string of the molecule is N#Cc1cc(-c2ncc(C(=O)O)s2)cc2cc3n(c12)CCC=C3. The summed E-state index contributed by atoms with van der Waals surface area (Å²) in [5.74, 6) is -0.986. The molecule has 2 aromatic heterocycles. The van der Waals surface area contributed by atoms with E-state index in [0.29, 0.717) is 10.6 Å². The van der Waals surface area contributed by atoms with Gasteiger partial charge in [0.05, 0.1) is 17.3 Å². The lowest BCUT2D eigenvalue weighted by molar-refractivity contribution is 0.0702. The molecule has 0 radical (unpaired) electrons. The number of benzene rings is 1. The second-order valence-electron chi connectivity index (χ2n) is 5.32. The largest absolute Gasteiger partial charge is 0.477 e. The molecule has 4 rings (SSSR count). The highest BCUT2D eigenvalue weighted by Gasteiger charge is 2.17. The minimum absolute atomic E-state index is 0.192. The maximum Gasteiger partial charge on any atom is 0.347 e. The standard InChI is InChI=1S/C17H11N3O2S/c18-8-12-6-11(16-19-9-14(23-16)17(21)22)5-10-7-13-3-1-2-4-20(13)15(10)12/h1,3,5-7,9H,2,4H2,(H,21,22). The molecule has 1 aliphatic rings. The molecule has 5 nitrogen and oxygen atoms in total. The number of carboxylic acid groups (broad SMARTS) is 1. The third-order valence-electron chi connectivity index (χ3n) is 3.92. The van der Waals surface area contributed by atoms with Gasteiger partial charge in [-0.1, -0.05) is 6.08 Å². The predicted molar refractivity (Wildman–Crippen MR) is 88.4 cm³/mol. The number of fused-ring (bicyclic) bond motifs is 3. The Balaban J connectivity index is 1.94. The third kappa shape index (κ3) is 2.14. The topological polar surface area (TPSA) is 78.9 Å². The van der Waals surface area contributed by atoms with Gasteiger partial charge in [-0.05, 0) is 30.7 Å². The fraction of sp³-hybridized carbons (Fsp3) is 0.118. The molecule has 1 aliphatic heterocycles. The highest BCUT2D eigenvalue weighted by molar-refractivity contribution is 7.16. The number of hydrogen-bond donors (Lipinski definition) is 1. The van der Waals surface area contributed by atoms with Crippen molar-refractivity contribution in [3.05, 3.63) is 46.6 Å². The smallest absolute Gasteiger partial charge is 0.347 e. The zero-order valence-electron chi connectivity index (χ0n) is 12.0. The molecule has 0 saturated heterocycles. The molecule has 0 bridgehead atoms. The summed E-state index contributed by atoms with van der Waals surface area (Å²) in [7, 11) is 0. The van der Waals surface area contributed by atoms with Crippen LogP contribution in [0.3, 0.4) is 0 Å². The van der Waals surface area contributed by atoms with Gasteiger partial charge in [-0.15, -0.1) is 11.3 Å². The van der Waals surface area contributed by atoms with Crippen molar-refractivity contribution < 1.29 is 9.90 Å². The maximum atomic E-state index is 11.0. The number of hydrogen-bond acceptors (Lipinski definition) is 4. The molecule has 1 N–H and O–H groups in total. The first-order valence-electron chi connectivity index (χ1n) is 7.11. The lowest BCUT2D eigenvalue weighted by Gasteiger charge is -2.11. The maximum absolute atomic E-state index is 11.0. The molecule has 0 amide bonds. The second-order valence-corrected chi connectivity index (χ2v) is 6.35. The van der Waals surface area contributed by atoms with E-state index in [4.69, 9.17) is 5.11 Å². The van der Waals surface area contributed by atoms with Crippen LogP contribution in [-0.2, 0) is 6.54 Å². The van der Waals surface area contributed by atoms with E-state index < -0.39 is 5.97 Å². The Hall–Kier alpha value is -2.91. The van der Waals surface area contributed by atoms with Crippen LogP contribution in [0.5, 0.6) is 0 Å². The van der Waals surface area contributed by atoms with Crippen LogP contribution < -0.4 is 0 Å². The number of aromatic carboxylic acids is 1. The van der Waals surface area contributed by atoms with E-state index in [1.807, 2.05) is 6.07 Å². The number of aromatic nitrogens is 2. The number of carboxylic acids is 1. The van der Waals surface area contributed by atoms with E-state index in [-0.39, 0.29) is 4.88 Å². The number of nitrogens with zero attached hydrogens (tertiary/aromatic N) is 3. The number of aryl methyl sites for hydroxylation is 1. The van der Waals surface area contributed by atoms with Crippen LogP contribution in [0.2, 0.25) is 0 Å². The number of carbonyl (C=O) groups is 1. The van der Waals surface area contributed by atoms with Crippen molar-refractivity contribution in [3.8, 4) is 16.6 Å². The van der Waals surface area contributed by atoms with Crippen LogP contribution in [0.1, 0.15) is 27.3 Å². The summed E-state index contributed by atoms with van der Waals surface area (Å²) in [4.78, 5) is 15.4. The molecule has 3 aromatic rings. The molecule has 112 valence electrons. The number of thiazole rings is 1. The monoisotopic (exact) mass is 321 g/mol. The van der Waals surface area contributed by atoms with Crippen molar-refractivity contribution in [2.24, 2.45) is 0 Å². The lowest BCUT2D eigenvalue weighted by Crippen LogP contribution is -2.03. The second kappa shape index (κ2) is 5.07. The van der Waals surface area contributed by atoms with Gasteiger partial charge in [-0.25, -0.2) is 9.78 Å². The van der Waals surface area contributed by atoms with E-state index in [2.05, 4.69) is 33.8 Å². The number of nitriles is 1. The third-order valence-corrected chi connectivity index (χ3v) is 4.95. The molecule has 23 heavy (non-hydrogen) atoms. The number of rotatable bonds is 2. The molecule has 0 spiro atoms. The van der Waals surface area contributed by atoms with Crippen LogP contribution in [0.15, 0.2) is 30.5 Å². The van der Waals surface area contributed by atoms with Crippen molar-refractivity contribution in [3.63, 3.8) is 0 Å². The lowest BCUT2D eigenvalue weighted by atomic mass is 10.1. The van der Waals surface area contributed by atoms with Gasteiger partial charge in [0, 0.05) is 23.2 Å². The highest BCUT2D eigenvalue weighted by atomic mass is 32.1. The van der Waals surface area contributed by atoms with Gasteiger partial charge in [-0.2, -0.15) is 5.26 Å². The number of allylic oxidation sites excluding steroid dienone is 1. The Bertz CT molecular complexity index is 1020. The Morgan fingerprint density at radius 2 is 2.26 bits per heavy atom. The van der Waals surface area contributed by atoms with E-state index >= 15 is 0 Å². The van der Waals surface area contributed by atoms with Crippen LogP contribution in [0, 0.1) is 11.3 Å². The average molecular weight is 321 g/mol. The predicted octanol–water partition coefficient (Wildman–Crippen LogP) is 3.75. The normalized spacial score (nSPS) is 13.0. The summed E-state index contributed by atoms with van der Waals surface area (Å²) < 4.78 is 2.15. The van der Waals surface area contributed by atoms with Gasteiger partial charge in [0.1, 0.15) is 16.0 Å². The van der Waals surface area contributed by atoms with Crippen molar-refractivity contribution in [2.45, 2.75) is 13.0 Å². The zero-order chi connectivity index (χ0) is 16.0. The molecular formula is C17H11N3O2S. The summed E-state index contributed by atoms with van der Waals surface area (Å²) in [5.41, 5.74) is 3.39. The Morgan fingerprint density at radius 1 is 1.39 bits per heavy atom. The molecule has 6 heteroatoms. The fourth-order valence-corrected chi connectivity index (χ4v) is 3.68. The van der Waals surface area contributed by atoms with Crippen LogP contribution in [0.4, 0.5) is 0 Å². The molecular weight excluding hydrogens is 310 g/mol. The Labute approximate surface area is 135 Å². The quantitative estimate of drug-likeness (QED) is 0.779. The average Bonchev–Trinajstić information content (AvgIpc) is 3.18. The van der Waals surface area contributed by atoms with Crippen LogP contribution in [-0.4, -0.2) is 20.6 Å². The summed E-state index contributed by atoms with van der Waals surface area (Å²) in [6.45, 7) is 0.865. The van der Waals surface area contributed by atoms with E-state index in [0.717, 1.165) is 46.5 Å². The van der Waals surface area contributed by atoms with Gasteiger partial charge in [0.2, 0.25) is 0 Å². The summed E-state index contributed by atoms with van der Waals surface area (Å²) in [5, 5.41) is 20.2. The molecule has 1 aromatic carbocycles. The van der Waals surface area contributed by atoms with Gasteiger partial charge in [-0.3, -0.25) is 0 Å². The van der Waals surface area contributed by atoms with E-state index in [1.54, 1.807) is 6.07 Å². The van der Waals surface area contributed by atoms with Crippen molar-refractivity contribution in [2.75, 3.05) is 0 Å². The molecule has 0 aliphatic carbocycles. The first kappa shape index (κ1) is 13.7. The van der Waals surface area contributed by atoms with Crippen molar-refractivity contribution in [1.29, 1.82) is 5.26 Å². The van der Waals surface area contributed by atoms with Gasteiger partial charge >= 0.3 is 5.97 Å². The van der Waals surface area contributed by atoms with Gasteiger partial charge in [0.15, 0.2) is 0 Å². The molecule has 0 fully saturated rings. The summed E-state index contributed by atoms with van der Waals surface area (Å²) >= 11 is 1.12. The molecule has 3 heterocycles. The van der Waals surface area contributed by atoms with Gasteiger partial charge < -0.3 is 9.67 Å². The minimum atomic E-state index is -0.986.